The molecule has 0 fully saturated rings. The van der Waals surface area contributed by atoms with Gasteiger partial charge in [0.1, 0.15) is 6.04 Å². The minimum Gasteiger partial charge on any atom is -0.618 e. The first kappa shape index (κ1) is 22.5. The number of aliphatic carboxylic acids is 1. The number of nitrogens with one attached hydrogen (secondary N) is 1. The van der Waals surface area contributed by atoms with Gasteiger partial charge in [0.05, 0.1) is 26.7 Å². The molecule has 0 aliphatic carbocycles. The number of carbonyl (C=O) groups is 2. The Kier molecular flexibility index (Phi) is 6.44. The number of aromatic nitrogens is 2. The fourth-order valence-corrected chi connectivity index (χ4v) is 4.19. The van der Waals surface area contributed by atoms with Crippen LogP contribution < -0.4 is 10.0 Å². The molecule has 0 aliphatic rings. The maximum atomic E-state index is 12.7. The number of hydrogen-bond acceptors (Lipinski definition) is 4. The first-order valence-electron chi connectivity index (χ1n) is 9.89. The molecule has 33 heavy (non-hydrogen) atoms. The number of pyridine rings is 2. The highest BCUT2D eigenvalue weighted by Gasteiger charge is 2.25. The highest BCUT2D eigenvalue weighted by molar-refractivity contribution is 6.39. The van der Waals surface area contributed by atoms with Crippen LogP contribution in [0.1, 0.15) is 15.9 Å². The second-order valence-electron chi connectivity index (χ2n) is 7.25. The van der Waals surface area contributed by atoms with Crippen molar-refractivity contribution in [3.8, 4) is 11.3 Å². The summed E-state index contributed by atoms with van der Waals surface area (Å²) in [4.78, 5) is 29.1. The van der Waals surface area contributed by atoms with Crippen LogP contribution in [0.4, 0.5) is 0 Å². The van der Waals surface area contributed by atoms with Crippen molar-refractivity contribution in [2.45, 2.75) is 12.5 Å². The average molecular weight is 482 g/mol. The molecule has 2 aromatic carbocycles. The van der Waals surface area contributed by atoms with Gasteiger partial charge in [-0.25, -0.2) is 4.79 Å². The summed E-state index contributed by atoms with van der Waals surface area (Å²) in [5.41, 5.74) is 2.25. The number of nitrogens with zero attached hydrogens (tertiary/aromatic N) is 2. The van der Waals surface area contributed by atoms with E-state index in [0.29, 0.717) is 27.7 Å². The largest absolute Gasteiger partial charge is 0.618 e. The van der Waals surface area contributed by atoms with Gasteiger partial charge in [-0.15, -0.1) is 0 Å². The topological polar surface area (TPSA) is 106 Å². The maximum absolute atomic E-state index is 12.7. The monoisotopic (exact) mass is 481 g/mol. The van der Waals surface area contributed by atoms with Gasteiger partial charge in [0.25, 0.3) is 5.91 Å². The summed E-state index contributed by atoms with van der Waals surface area (Å²) in [6.07, 6.45) is 2.95. The quantitative estimate of drug-likeness (QED) is 0.316. The van der Waals surface area contributed by atoms with Crippen LogP contribution in [0.15, 0.2) is 73.1 Å². The molecular weight excluding hydrogens is 465 g/mol. The van der Waals surface area contributed by atoms with Crippen LogP contribution in [0.5, 0.6) is 0 Å². The van der Waals surface area contributed by atoms with E-state index < -0.39 is 17.9 Å². The van der Waals surface area contributed by atoms with Crippen LogP contribution in [0, 0.1) is 5.21 Å². The predicted octanol–water partition coefficient (Wildman–Crippen LogP) is 4.27. The Morgan fingerprint density at radius 3 is 2.48 bits per heavy atom. The van der Waals surface area contributed by atoms with Gasteiger partial charge in [-0.2, -0.15) is 4.73 Å². The van der Waals surface area contributed by atoms with Gasteiger partial charge in [0, 0.05) is 30.1 Å². The molecule has 1 atom stereocenters. The zero-order valence-corrected chi connectivity index (χ0v) is 18.5. The van der Waals surface area contributed by atoms with Crippen molar-refractivity contribution in [1.82, 2.24) is 10.3 Å². The van der Waals surface area contributed by atoms with Gasteiger partial charge in [0.2, 0.25) is 5.69 Å². The number of benzene rings is 2. The smallest absolute Gasteiger partial charge is 0.326 e. The molecule has 1 amide bonds. The van der Waals surface area contributed by atoms with E-state index in [1.807, 2.05) is 6.07 Å². The Labute approximate surface area is 198 Å². The molecule has 9 heteroatoms. The van der Waals surface area contributed by atoms with Crippen LogP contribution >= 0.6 is 23.2 Å². The van der Waals surface area contributed by atoms with Crippen molar-refractivity contribution in [3.05, 3.63) is 99.4 Å². The van der Waals surface area contributed by atoms with E-state index in [4.69, 9.17) is 23.2 Å². The second kappa shape index (κ2) is 9.44. The molecule has 4 rings (SSSR count). The SMILES string of the molecule is O=C(N[C@@H](Cc1ccc(-c2cccc[n+]2[O-])c2cccnc12)C(=O)O)c1c(Cl)cccc1Cl. The summed E-state index contributed by atoms with van der Waals surface area (Å²) in [5.74, 6) is -1.91. The summed E-state index contributed by atoms with van der Waals surface area (Å²) in [5, 5.41) is 25.5. The summed E-state index contributed by atoms with van der Waals surface area (Å²) in [6, 6.07) is 15.4. The van der Waals surface area contributed by atoms with E-state index in [0.717, 1.165) is 4.73 Å². The maximum Gasteiger partial charge on any atom is 0.326 e. The number of rotatable bonds is 6. The number of halogens is 2. The Morgan fingerprint density at radius 1 is 1.03 bits per heavy atom. The third-order valence-electron chi connectivity index (χ3n) is 5.17. The average Bonchev–Trinajstić information content (AvgIpc) is 2.79. The number of amides is 1. The van der Waals surface area contributed by atoms with Gasteiger partial charge in [-0.3, -0.25) is 9.78 Å². The van der Waals surface area contributed by atoms with Crippen molar-refractivity contribution in [2.24, 2.45) is 0 Å². The number of carbonyl (C=O) groups excluding carboxylic acids is 1. The molecule has 7 nitrogen and oxygen atoms in total. The standard InChI is InChI=1S/C24H17Cl2N3O4/c25-17-6-3-7-18(26)21(17)23(30)28-19(24(31)32)13-14-9-10-15(16-5-4-11-27-22(14)16)20-8-1-2-12-29(20)33/h1-12,19H,13H2,(H,28,30)(H,31,32)/t19-/m0/s1. The van der Waals surface area contributed by atoms with Gasteiger partial charge < -0.3 is 15.6 Å². The minimum atomic E-state index is -1.26. The Morgan fingerprint density at radius 2 is 1.79 bits per heavy atom. The van der Waals surface area contributed by atoms with Gasteiger partial charge in [-0.1, -0.05) is 41.4 Å². The van der Waals surface area contributed by atoms with Crippen LogP contribution in [0.2, 0.25) is 10.0 Å². The van der Waals surface area contributed by atoms with Crippen molar-refractivity contribution in [2.75, 3.05) is 0 Å². The Hall–Kier alpha value is -3.68. The number of carboxylic acid groups (broad SMARTS) is 1. The molecule has 2 N–H and O–H groups in total. The third kappa shape index (κ3) is 4.60. The zero-order valence-electron chi connectivity index (χ0n) is 17.0. The highest BCUT2D eigenvalue weighted by atomic mass is 35.5. The van der Waals surface area contributed by atoms with Crippen LogP contribution in [-0.4, -0.2) is 28.0 Å². The third-order valence-corrected chi connectivity index (χ3v) is 5.80. The van der Waals surface area contributed by atoms with Crippen molar-refractivity contribution < 1.29 is 19.4 Å². The molecule has 4 aromatic rings. The van der Waals surface area contributed by atoms with Crippen molar-refractivity contribution in [3.63, 3.8) is 0 Å². The van der Waals surface area contributed by atoms with Gasteiger partial charge in [-0.05, 0) is 35.9 Å². The summed E-state index contributed by atoms with van der Waals surface area (Å²) in [6.45, 7) is 0. The Bertz CT molecular complexity index is 1360. The zero-order chi connectivity index (χ0) is 23.5. The summed E-state index contributed by atoms with van der Waals surface area (Å²) < 4.78 is 0.759. The van der Waals surface area contributed by atoms with E-state index in [1.54, 1.807) is 48.7 Å². The molecule has 2 heterocycles. The first-order chi connectivity index (χ1) is 15.9. The fraction of sp³-hybridized carbons (Fsp3) is 0.0833. The molecule has 0 bridgehead atoms. The highest BCUT2D eigenvalue weighted by Crippen LogP contribution is 2.29. The molecule has 0 radical (unpaired) electrons. The number of fused-ring (bicyclic) bond motifs is 1. The van der Waals surface area contributed by atoms with Crippen LogP contribution in [-0.2, 0) is 11.2 Å². The number of hydrogen-bond donors (Lipinski definition) is 2. The normalized spacial score (nSPS) is 11.8. The fourth-order valence-electron chi connectivity index (χ4n) is 3.62. The molecule has 2 aromatic heterocycles. The van der Waals surface area contributed by atoms with E-state index in [-0.39, 0.29) is 22.0 Å². The van der Waals surface area contributed by atoms with E-state index >= 15 is 0 Å². The molecule has 0 spiro atoms. The molecular formula is C24H17Cl2N3O4. The van der Waals surface area contributed by atoms with Crippen molar-refractivity contribution in [1.29, 1.82) is 0 Å². The summed E-state index contributed by atoms with van der Waals surface area (Å²) >= 11 is 12.2. The summed E-state index contributed by atoms with van der Waals surface area (Å²) in [7, 11) is 0. The number of carboxylic acids is 1. The molecule has 166 valence electrons. The molecule has 0 unspecified atom stereocenters. The lowest BCUT2D eigenvalue weighted by atomic mass is 9.97. The van der Waals surface area contributed by atoms with Crippen molar-refractivity contribution >= 4 is 46.0 Å². The van der Waals surface area contributed by atoms with Gasteiger partial charge in [0.15, 0.2) is 6.20 Å². The molecule has 0 aliphatic heterocycles. The second-order valence-corrected chi connectivity index (χ2v) is 8.06. The molecule has 0 saturated heterocycles. The Balaban J connectivity index is 1.70. The van der Waals surface area contributed by atoms with Gasteiger partial charge >= 0.3 is 5.97 Å². The first-order valence-corrected chi connectivity index (χ1v) is 10.6. The lowest BCUT2D eigenvalue weighted by Crippen LogP contribution is -2.42. The van der Waals surface area contributed by atoms with E-state index in [1.165, 1.54) is 18.3 Å². The lowest BCUT2D eigenvalue weighted by molar-refractivity contribution is -0.593. The van der Waals surface area contributed by atoms with Crippen LogP contribution in [0.25, 0.3) is 22.2 Å². The van der Waals surface area contributed by atoms with E-state index in [9.17, 15) is 19.9 Å². The van der Waals surface area contributed by atoms with E-state index in [2.05, 4.69) is 10.3 Å². The molecule has 0 saturated carbocycles. The minimum absolute atomic E-state index is 0.00879. The predicted molar refractivity (Wildman–Crippen MR) is 125 cm³/mol. The lowest BCUT2D eigenvalue weighted by Gasteiger charge is -2.17. The van der Waals surface area contributed by atoms with Crippen LogP contribution in [0.3, 0.4) is 0 Å².